The van der Waals surface area contributed by atoms with Gasteiger partial charge in [-0.05, 0) is 28.5 Å². The summed E-state index contributed by atoms with van der Waals surface area (Å²) in [5, 5.41) is 11.1. The summed E-state index contributed by atoms with van der Waals surface area (Å²) in [5.74, 6) is 0.0491. The summed E-state index contributed by atoms with van der Waals surface area (Å²) in [6.45, 7) is 3.71. The molecule has 0 atom stereocenters. The van der Waals surface area contributed by atoms with Crippen molar-refractivity contribution in [2.24, 2.45) is 0 Å². The number of hydrogen-bond acceptors (Lipinski definition) is 2. The van der Waals surface area contributed by atoms with Gasteiger partial charge in [-0.25, -0.2) is 0 Å². The van der Waals surface area contributed by atoms with Crippen LogP contribution in [0.5, 0.6) is 0 Å². The van der Waals surface area contributed by atoms with Gasteiger partial charge >= 0.3 is 5.97 Å². The summed E-state index contributed by atoms with van der Waals surface area (Å²) in [6, 6.07) is 11.9. The fourth-order valence-corrected chi connectivity index (χ4v) is 2.65. The molecule has 0 radical (unpaired) electrons. The number of thioether (sulfide) groups is 1. The van der Waals surface area contributed by atoms with Crippen molar-refractivity contribution in [3.05, 3.63) is 54.6 Å². The standard InChI is InChI=1S/C15H14O2S/c1-2-8-18-14-5-3-4-12-7-6-11(9-13(12)14)10-15(16)17/h2-7,9H,1,8,10H2,(H,16,17). The summed E-state index contributed by atoms with van der Waals surface area (Å²) in [7, 11) is 0. The quantitative estimate of drug-likeness (QED) is 0.655. The van der Waals surface area contributed by atoms with Gasteiger partial charge in [0.1, 0.15) is 0 Å². The molecule has 0 aliphatic carbocycles. The Hall–Kier alpha value is -1.74. The SMILES string of the molecule is C=CCSc1cccc2ccc(CC(=O)O)cc12. The number of fused-ring (bicyclic) bond motifs is 1. The van der Waals surface area contributed by atoms with Gasteiger partial charge < -0.3 is 5.11 Å². The Morgan fingerprint density at radius 2 is 2.17 bits per heavy atom. The molecule has 0 aromatic heterocycles. The van der Waals surface area contributed by atoms with Crippen molar-refractivity contribution >= 4 is 28.5 Å². The van der Waals surface area contributed by atoms with Crippen LogP contribution in [0.4, 0.5) is 0 Å². The molecule has 0 saturated heterocycles. The minimum atomic E-state index is -0.800. The van der Waals surface area contributed by atoms with Crippen LogP contribution in [0, 0.1) is 0 Å². The van der Waals surface area contributed by atoms with E-state index in [1.54, 1.807) is 11.8 Å². The molecule has 0 heterocycles. The van der Waals surface area contributed by atoms with Crippen LogP contribution >= 0.6 is 11.8 Å². The first-order valence-corrected chi connectivity index (χ1v) is 6.66. The number of carboxylic acids is 1. The van der Waals surface area contributed by atoms with E-state index < -0.39 is 5.97 Å². The van der Waals surface area contributed by atoms with Gasteiger partial charge in [0.25, 0.3) is 0 Å². The Morgan fingerprint density at radius 1 is 1.33 bits per heavy atom. The highest BCUT2D eigenvalue weighted by atomic mass is 32.2. The number of aliphatic carboxylic acids is 1. The van der Waals surface area contributed by atoms with Gasteiger partial charge in [0.05, 0.1) is 6.42 Å². The van der Waals surface area contributed by atoms with Gasteiger partial charge in [0.2, 0.25) is 0 Å². The summed E-state index contributed by atoms with van der Waals surface area (Å²) in [6.07, 6.45) is 1.93. The molecule has 0 spiro atoms. The maximum Gasteiger partial charge on any atom is 0.307 e. The lowest BCUT2D eigenvalue weighted by molar-refractivity contribution is -0.136. The molecular formula is C15H14O2S. The van der Waals surface area contributed by atoms with Crippen LogP contribution in [-0.4, -0.2) is 16.8 Å². The molecule has 3 heteroatoms. The highest BCUT2D eigenvalue weighted by Crippen LogP contribution is 2.28. The van der Waals surface area contributed by atoms with Crippen molar-refractivity contribution < 1.29 is 9.90 Å². The molecule has 2 nitrogen and oxygen atoms in total. The van der Waals surface area contributed by atoms with E-state index in [0.717, 1.165) is 22.1 Å². The van der Waals surface area contributed by atoms with Crippen molar-refractivity contribution in [1.82, 2.24) is 0 Å². The second-order valence-electron chi connectivity index (χ2n) is 3.98. The maximum absolute atomic E-state index is 10.7. The largest absolute Gasteiger partial charge is 0.481 e. The minimum Gasteiger partial charge on any atom is -0.481 e. The molecule has 0 amide bonds. The number of rotatable bonds is 5. The normalized spacial score (nSPS) is 10.4. The molecule has 0 aliphatic heterocycles. The van der Waals surface area contributed by atoms with E-state index in [1.165, 1.54) is 4.90 Å². The molecule has 18 heavy (non-hydrogen) atoms. The van der Waals surface area contributed by atoms with Crippen LogP contribution in [0.2, 0.25) is 0 Å². The van der Waals surface area contributed by atoms with Crippen LogP contribution in [0.3, 0.4) is 0 Å². The predicted octanol–water partition coefficient (Wildman–Crippen LogP) is 3.75. The molecule has 1 N–H and O–H groups in total. The lowest BCUT2D eigenvalue weighted by Crippen LogP contribution is -1.99. The van der Waals surface area contributed by atoms with E-state index in [-0.39, 0.29) is 6.42 Å². The lowest BCUT2D eigenvalue weighted by atomic mass is 10.1. The predicted molar refractivity (Wildman–Crippen MR) is 76.2 cm³/mol. The van der Waals surface area contributed by atoms with Gasteiger partial charge in [0, 0.05) is 10.6 Å². The fourth-order valence-electron chi connectivity index (χ4n) is 1.85. The molecule has 2 aromatic rings. The zero-order chi connectivity index (χ0) is 13.0. The maximum atomic E-state index is 10.7. The van der Waals surface area contributed by atoms with E-state index >= 15 is 0 Å². The number of carbonyl (C=O) groups is 1. The van der Waals surface area contributed by atoms with Crippen LogP contribution in [0.25, 0.3) is 10.8 Å². The third-order valence-electron chi connectivity index (χ3n) is 2.62. The van der Waals surface area contributed by atoms with Crippen molar-refractivity contribution in [3.63, 3.8) is 0 Å². The average Bonchev–Trinajstić information content (AvgIpc) is 2.35. The molecule has 0 bridgehead atoms. The average molecular weight is 258 g/mol. The van der Waals surface area contributed by atoms with Crippen molar-refractivity contribution in [1.29, 1.82) is 0 Å². The molecule has 2 aromatic carbocycles. The second kappa shape index (κ2) is 5.74. The van der Waals surface area contributed by atoms with Gasteiger partial charge in [0.15, 0.2) is 0 Å². The Morgan fingerprint density at radius 3 is 2.89 bits per heavy atom. The van der Waals surface area contributed by atoms with Crippen LogP contribution < -0.4 is 0 Å². The Labute approximate surface area is 110 Å². The monoisotopic (exact) mass is 258 g/mol. The van der Waals surface area contributed by atoms with Crippen molar-refractivity contribution in [3.8, 4) is 0 Å². The molecule has 2 rings (SSSR count). The van der Waals surface area contributed by atoms with E-state index in [2.05, 4.69) is 12.6 Å². The van der Waals surface area contributed by atoms with E-state index in [9.17, 15) is 4.79 Å². The number of hydrogen-bond donors (Lipinski definition) is 1. The third kappa shape index (κ3) is 2.93. The first-order valence-electron chi connectivity index (χ1n) is 5.68. The van der Waals surface area contributed by atoms with E-state index in [0.29, 0.717) is 0 Å². The van der Waals surface area contributed by atoms with Gasteiger partial charge in [-0.2, -0.15) is 0 Å². The fraction of sp³-hybridized carbons (Fsp3) is 0.133. The smallest absolute Gasteiger partial charge is 0.307 e. The summed E-state index contributed by atoms with van der Waals surface area (Å²) < 4.78 is 0. The van der Waals surface area contributed by atoms with Crippen molar-refractivity contribution in [2.75, 3.05) is 5.75 Å². The summed E-state index contributed by atoms with van der Waals surface area (Å²) >= 11 is 1.71. The number of carboxylic acid groups (broad SMARTS) is 1. The summed E-state index contributed by atoms with van der Waals surface area (Å²) in [5.41, 5.74) is 0.835. The first kappa shape index (κ1) is 12.7. The van der Waals surface area contributed by atoms with Crippen molar-refractivity contribution in [2.45, 2.75) is 11.3 Å². The minimum absolute atomic E-state index is 0.0659. The third-order valence-corrected chi connectivity index (χ3v) is 3.69. The van der Waals surface area contributed by atoms with Gasteiger partial charge in [-0.15, -0.1) is 18.3 Å². The Balaban J connectivity index is 2.44. The Bertz CT molecular complexity index is 590. The van der Waals surface area contributed by atoms with Crippen LogP contribution in [0.1, 0.15) is 5.56 Å². The van der Waals surface area contributed by atoms with Gasteiger partial charge in [-0.3, -0.25) is 4.79 Å². The zero-order valence-electron chi connectivity index (χ0n) is 9.93. The highest BCUT2D eigenvalue weighted by molar-refractivity contribution is 7.99. The molecular weight excluding hydrogens is 244 g/mol. The number of benzene rings is 2. The topological polar surface area (TPSA) is 37.3 Å². The van der Waals surface area contributed by atoms with E-state index in [4.69, 9.17) is 5.11 Å². The Kier molecular flexibility index (Phi) is 4.05. The first-order chi connectivity index (χ1) is 8.70. The van der Waals surface area contributed by atoms with E-state index in [1.807, 2.05) is 36.4 Å². The summed E-state index contributed by atoms with van der Waals surface area (Å²) in [4.78, 5) is 11.9. The van der Waals surface area contributed by atoms with Crippen LogP contribution in [-0.2, 0) is 11.2 Å². The molecule has 0 unspecified atom stereocenters. The lowest BCUT2D eigenvalue weighted by Gasteiger charge is -2.06. The molecule has 92 valence electrons. The van der Waals surface area contributed by atoms with Crippen LogP contribution in [0.15, 0.2) is 53.9 Å². The molecule has 0 saturated carbocycles. The van der Waals surface area contributed by atoms with Gasteiger partial charge in [-0.1, -0.05) is 30.3 Å². The highest BCUT2D eigenvalue weighted by Gasteiger charge is 2.05. The molecule has 0 fully saturated rings. The zero-order valence-corrected chi connectivity index (χ0v) is 10.7. The molecule has 0 aliphatic rings. The second-order valence-corrected chi connectivity index (χ2v) is 5.04.